The van der Waals surface area contributed by atoms with Gasteiger partial charge in [-0.05, 0) is 43.5 Å². The molecular formula is C17H22N2O3. The number of nitrogens with zero attached hydrogens (tertiary/aromatic N) is 2. The lowest BCUT2D eigenvalue weighted by atomic mass is 9.97. The van der Waals surface area contributed by atoms with Crippen molar-refractivity contribution in [1.29, 1.82) is 0 Å². The number of benzene rings is 1. The minimum Gasteiger partial charge on any atom is -0.396 e. The van der Waals surface area contributed by atoms with Gasteiger partial charge in [0.2, 0.25) is 11.8 Å². The van der Waals surface area contributed by atoms with Gasteiger partial charge >= 0.3 is 0 Å². The minimum atomic E-state index is -0.555. The SMILES string of the molecule is Cc1cc(C)cc(N2CC[C@@H](C(=O)N3CC(CO)C3)C2=O)c1. The molecule has 0 radical (unpaired) electrons. The van der Waals surface area contributed by atoms with Crippen molar-refractivity contribution < 1.29 is 14.7 Å². The van der Waals surface area contributed by atoms with Crippen LogP contribution < -0.4 is 4.90 Å². The Kier molecular flexibility index (Phi) is 3.91. The third kappa shape index (κ3) is 2.61. The third-order valence-electron chi connectivity index (χ3n) is 4.55. The van der Waals surface area contributed by atoms with E-state index in [-0.39, 0.29) is 24.3 Å². The maximum atomic E-state index is 12.6. The van der Waals surface area contributed by atoms with Crippen LogP contribution >= 0.6 is 0 Å². The summed E-state index contributed by atoms with van der Waals surface area (Å²) in [4.78, 5) is 28.4. The Morgan fingerprint density at radius 1 is 1.23 bits per heavy atom. The fraction of sp³-hybridized carbons (Fsp3) is 0.529. The van der Waals surface area contributed by atoms with Crippen LogP contribution in [0, 0.1) is 25.7 Å². The molecule has 22 heavy (non-hydrogen) atoms. The Bertz CT molecular complexity index is 588. The van der Waals surface area contributed by atoms with Gasteiger partial charge in [-0.15, -0.1) is 0 Å². The molecule has 5 heteroatoms. The summed E-state index contributed by atoms with van der Waals surface area (Å²) in [5.41, 5.74) is 3.12. The fourth-order valence-electron chi connectivity index (χ4n) is 3.36. The molecule has 2 heterocycles. The maximum Gasteiger partial charge on any atom is 0.239 e. The molecule has 2 saturated heterocycles. The van der Waals surface area contributed by atoms with E-state index in [1.807, 2.05) is 26.0 Å². The molecule has 2 aliphatic rings. The zero-order valence-electron chi connectivity index (χ0n) is 13.1. The number of likely N-dealkylation sites (tertiary alicyclic amines) is 1. The molecule has 0 bridgehead atoms. The third-order valence-corrected chi connectivity index (χ3v) is 4.55. The summed E-state index contributed by atoms with van der Waals surface area (Å²) in [5, 5.41) is 9.03. The first kappa shape index (κ1) is 15.0. The van der Waals surface area contributed by atoms with Crippen molar-refractivity contribution in [2.24, 2.45) is 11.8 Å². The summed E-state index contributed by atoms with van der Waals surface area (Å²) >= 11 is 0. The largest absolute Gasteiger partial charge is 0.396 e. The molecule has 1 aromatic carbocycles. The number of hydrogen-bond acceptors (Lipinski definition) is 3. The highest BCUT2D eigenvalue weighted by molar-refractivity contribution is 6.09. The number of amides is 2. The summed E-state index contributed by atoms with van der Waals surface area (Å²) in [6, 6.07) is 6.05. The highest BCUT2D eigenvalue weighted by Gasteiger charge is 2.42. The molecule has 0 aliphatic carbocycles. The van der Waals surface area contributed by atoms with Gasteiger partial charge in [0.1, 0.15) is 5.92 Å². The lowest BCUT2D eigenvalue weighted by Crippen LogP contribution is -2.54. The van der Waals surface area contributed by atoms with Gasteiger partial charge in [-0.25, -0.2) is 0 Å². The summed E-state index contributed by atoms with van der Waals surface area (Å²) in [5.74, 6) is -0.555. The molecule has 1 aromatic rings. The topological polar surface area (TPSA) is 60.9 Å². The molecule has 0 unspecified atom stereocenters. The standard InChI is InChI=1S/C17H22N2O3/c1-11-5-12(2)7-14(6-11)19-4-3-15(17(19)22)16(21)18-8-13(9-18)10-20/h5-7,13,15,20H,3-4,8-10H2,1-2H3/t15-/m0/s1. The molecule has 3 rings (SSSR count). The van der Waals surface area contributed by atoms with Crippen LogP contribution in [-0.2, 0) is 9.59 Å². The molecule has 2 fully saturated rings. The van der Waals surface area contributed by atoms with E-state index in [2.05, 4.69) is 6.07 Å². The Morgan fingerprint density at radius 3 is 2.45 bits per heavy atom. The van der Waals surface area contributed by atoms with Crippen molar-refractivity contribution >= 4 is 17.5 Å². The van der Waals surface area contributed by atoms with E-state index in [0.717, 1.165) is 16.8 Å². The van der Waals surface area contributed by atoms with Crippen LogP contribution in [-0.4, -0.2) is 48.1 Å². The van der Waals surface area contributed by atoms with Crippen LogP contribution in [0.3, 0.4) is 0 Å². The van der Waals surface area contributed by atoms with Gasteiger partial charge in [0.25, 0.3) is 0 Å². The van der Waals surface area contributed by atoms with Gasteiger partial charge in [0.15, 0.2) is 0 Å². The van der Waals surface area contributed by atoms with Gasteiger partial charge < -0.3 is 14.9 Å². The van der Waals surface area contributed by atoms with E-state index in [0.29, 0.717) is 26.1 Å². The molecule has 1 atom stereocenters. The van der Waals surface area contributed by atoms with Crippen molar-refractivity contribution in [2.75, 3.05) is 31.1 Å². The highest BCUT2D eigenvalue weighted by atomic mass is 16.3. The van der Waals surface area contributed by atoms with Gasteiger partial charge in [-0.2, -0.15) is 0 Å². The minimum absolute atomic E-state index is 0.0819. The smallest absolute Gasteiger partial charge is 0.239 e. The van der Waals surface area contributed by atoms with Crippen molar-refractivity contribution in [3.8, 4) is 0 Å². The number of carbonyl (C=O) groups excluding carboxylic acids is 2. The Morgan fingerprint density at radius 2 is 1.86 bits per heavy atom. The quantitative estimate of drug-likeness (QED) is 0.851. The van der Waals surface area contributed by atoms with E-state index < -0.39 is 5.92 Å². The highest BCUT2D eigenvalue weighted by Crippen LogP contribution is 2.29. The molecule has 0 saturated carbocycles. The predicted octanol–water partition coefficient (Wildman–Crippen LogP) is 1.11. The predicted molar refractivity (Wildman–Crippen MR) is 83.5 cm³/mol. The second-order valence-corrected chi connectivity index (χ2v) is 6.47. The van der Waals surface area contributed by atoms with Crippen LogP contribution in [0.25, 0.3) is 0 Å². The van der Waals surface area contributed by atoms with Crippen LogP contribution in [0.4, 0.5) is 5.69 Å². The van der Waals surface area contributed by atoms with Crippen molar-refractivity contribution in [3.63, 3.8) is 0 Å². The first-order chi connectivity index (χ1) is 10.5. The van der Waals surface area contributed by atoms with Crippen LogP contribution in [0.15, 0.2) is 18.2 Å². The molecule has 118 valence electrons. The molecule has 0 aromatic heterocycles. The summed E-state index contributed by atoms with van der Waals surface area (Å²) in [7, 11) is 0. The molecule has 2 aliphatic heterocycles. The lowest BCUT2D eigenvalue weighted by Gasteiger charge is -2.39. The van der Waals surface area contributed by atoms with E-state index >= 15 is 0 Å². The first-order valence-corrected chi connectivity index (χ1v) is 7.79. The Hall–Kier alpha value is -1.88. The van der Waals surface area contributed by atoms with E-state index in [1.165, 1.54) is 0 Å². The van der Waals surface area contributed by atoms with Gasteiger partial charge in [-0.3, -0.25) is 9.59 Å². The second-order valence-electron chi connectivity index (χ2n) is 6.47. The van der Waals surface area contributed by atoms with Gasteiger partial charge in [0, 0.05) is 37.8 Å². The average Bonchev–Trinajstić information content (AvgIpc) is 2.78. The van der Waals surface area contributed by atoms with E-state index in [4.69, 9.17) is 5.11 Å². The number of hydrogen-bond donors (Lipinski definition) is 1. The number of aliphatic hydroxyl groups excluding tert-OH is 1. The van der Waals surface area contributed by atoms with Crippen LogP contribution in [0.2, 0.25) is 0 Å². The Labute approximate surface area is 130 Å². The fourth-order valence-corrected chi connectivity index (χ4v) is 3.36. The van der Waals surface area contributed by atoms with E-state index in [1.54, 1.807) is 9.80 Å². The molecule has 5 nitrogen and oxygen atoms in total. The van der Waals surface area contributed by atoms with E-state index in [9.17, 15) is 9.59 Å². The van der Waals surface area contributed by atoms with Crippen molar-refractivity contribution in [1.82, 2.24) is 4.90 Å². The van der Waals surface area contributed by atoms with Crippen molar-refractivity contribution in [2.45, 2.75) is 20.3 Å². The van der Waals surface area contributed by atoms with Gasteiger partial charge in [0.05, 0.1) is 0 Å². The number of aryl methyl sites for hydroxylation is 2. The summed E-state index contributed by atoms with van der Waals surface area (Å²) in [6.07, 6.45) is 0.574. The lowest BCUT2D eigenvalue weighted by molar-refractivity contribution is -0.145. The monoisotopic (exact) mass is 302 g/mol. The molecular weight excluding hydrogens is 280 g/mol. The molecule has 0 spiro atoms. The summed E-state index contributed by atoms with van der Waals surface area (Å²) < 4.78 is 0. The molecule has 2 amide bonds. The summed E-state index contributed by atoms with van der Waals surface area (Å²) in [6.45, 7) is 5.86. The Balaban J connectivity index is 1.71. The van der Waals surface area contributed by atoms with Crippen molar-refractivity contribution in [3.05, 3.63) is 29.3 Å². The zero-order chi connectivity index (χ0) is 15.9. The van der Waals surface area contributed by atoms with Crippen LogP contribution in [0.5, 0.6) is 0 Å². The van der Waals surface area contributed by atoms with Crippen LogP contribution in [0.1, 0.15) is 17.5 Å². The first-order valence-electron chi connectivity index (χ1n) is 7.79. The zero-order valence-corrected chi connectivity index (χ0v) is 13.1. The normalized spacial score (nSPS) is 22.1. The van der Waals surface area contributed by atoms with Gasteiger partial charge in [-0.1, -0.05) is 6.07 Å². The number of carbonyl (C=O) groups is 2. The number of rotatable bonds is 3. The average molecular weight is 302 g/mol. The maximum absolute atomic E-state index is 12.6. The number of anilines is 1. The number of aliphatic hydroxyl groups is 1. The second kappa shape index (κ2) is 5.72. The molecule has 1 N–H and O–H groups in total.